The summed E-state index contributed by atoms with van der Waals surface area (Å²) >= 11 is 6.33. The molecule has 1 heterocycles. The molecule has 4 heteroatoms. The molecule has 2 aromatic rings. The van der Waals surface area contributed by atoms with Gasteiger partial charge in [0.15, 0.2) is 0 Å². The average molecular weight is 279 g/mol. The van der Waals surface area contributed by atoms with E-state index in [1.807, 2.05) is 44.3 Å². The largest absolute Gasteiger partial charge is 0.385 e. The molecule has 1 aromatic carbocycles. The van der Waals surface area contributed by atoms with Crippen LogP contribution in [0.4, 0.5) is 0 Å². The first-order chi connectivity index (χ1) is 8.95. The fraction of sp³-hybridized carbons (Fsp3) is 0.400. The van der Waals surface area contributed by atoms with Crippen LogP contribution in [0.2, 0.25) is 5.02 Å². The lowest BCUT2D eigenvalue weighted by atomic mass is 9.91. The van der Waals surface area contributed by atoms with E-state index in [0.717, 1.165) is 23.4 Å². The summed E-state index contributed by atoms with van der Waals surface area (Å²) in [6.45, 7) is 3.82. The quantitative estimate of drug-likeness (QED) is 0.933. The highest BCUT2D eigenvalue weighted by atomic mass is 35.5. The maximum Gasteiger partial charge on any atom is 0.0924 e. The summed E-state index contributed by atoms with van der Waals surface area (Å²) in [6.07, 6.45) is 1.24. The van der Waals surface area contributed by atoms with E-state index in [0.29, 0.717) is 11.4 Å². The van der Waals surface area contributed by atoms with E-state index in [2.05, 4.69) is 5.10 Å². The SMILES string of the molecule is CCc1nn(C)c(CC(C)(O)c2ccccc2)c1Cl. The van der Waals surface area contributed by atoms with Gasteiger partial charge >= 0.3 is 0 Å². The van der Waals surface area contributed by atoms with Gasteiger partial charge in [0.2, 0.25) is 0 Å². The zero-order chi connectivity index (χ0) is 14.0. The molecule has 0 radical (unpaired) electrons. The Bertz CT molecular complexity index is 561. The van der Waals surface area contributed by atoms with E-state index in [1.54, 1.807) is 11.6 Å². The van der Waals surface area contributed by atoms with Crippen molar-refractivity contribution in [2.45, 2.75) is 32.3 Å². The molecule has 0 spiro atoms. The van der Waals surface area contributed by atoms with Gasteiger partial charge in [-0.2, -0.15) is 5.10 Å². The molecule has 102 valence electrons. The molecular weight excluding hydrogens is 260 g/mol. The zero-order valence-electron chi connectivity index (χ0n) is 11.5. The topological polar surface area (TPSA) is 38.0 Å². The van der Waals surface area contributed by atoms with Gasteiger partial charge < -0.3 is 5.11 Å². The van der Waals surface area contributed by atoms with Crippen LogP contribution < -0.4 is 0 Å². The molecule has 19 heavy (non-hydrogen) atoms. The van der Waals surface area contributed by atoms with Gasteiger partial charge in [0.25, 0.3) is 0 Å². The highest BCUT2D eigenvalue weighted by molar-refractivity contribution is 6.31. The Balaban J connectivity index is 2.33. The van der Waals surface area contributed by atoms with Gasteiger partial charge in [-0.3, -0.25) is 4.68 Å². The number of hydrogen-bond acceptors (Lipinski definition) is 2. The van der Waals surface area contributed by atoms with Crippen LogP contribution >= 0.6 is 11.6 Å². The molecule has 0 amide bonds. The predicted molar refractivity (Wildman–Crippen MR) is 77.3 cm³/mol. The van der Waals surface area contributed by atoms with E-state index in [4.69, 9.17) is 11.6 Å². The zero-order valence-corrected chi connectivity index (χ0v) is 12.3. The molecule has 1 aromatic heterocycles. The van der Waals surface area contributed by atoms with Gasteiger partial charge in [0, 0.05) is 13.5 Å². The number of aryl methyl sites for hydroxylation is 2. The summed E-state index contributed by atoms with van der Waals surface area (Å²) < 4.78 is 1.76. The summed E-state index contributed by atoms with van der Waals surface area (Å²) in [5.41, 5.74) is 1.67. The van der Waals surface area contributed by atoms with Crippen molar-refractivity contribution in [1.82, 2.24) is 9.78 Å². The highest BCUT2D eigenvalue weighted by Crippen LogP contribution is 2.30. The average Bonchev–Trinajstić information content (AvgIpc) is 2.67. The number of aromatic nitrogens is 2. The Kier molecular flexibility index (Phi) is 3.97. The summed E-state index contributed by atoms with van der Waals surface area (Å²) in [5.74, 6) is 0. The van der Waals surface area contributed by atoms with Crippen molar-refractivity contribution in [1.29, 1.82) is 0 Å². The van der Waals surface area contributed by atoms with Crippen LogP contribution in [0.15, 0.2) is 30.3 Å². The van der Waals surface area contributed by atoms with Gasteiger partial charge in [0.1, 0.15) is 0 Å². The van der Waals surface area contributed by atoms with Crippen molar-refractivity contribution in [3.8, 4) is 0 Å². The summed E-state index contributed by atoms with van der Waals surface area (Å²) in [4.78, 5) is 0. The molecule has 1 unspecified atom stereocenters. The molecule has 1 atom stereocenters. The molecule has 0 fully saturated rings. The number of aliphatic hydroxyl groups is 1. The fourth-order valence-corrected chi connectivity index (χ4v) is 2.60. The van der Waals surface area contributed by atoms with Crippen molar-refractivity contribution in [2.24, 2.45) is 7.05 Å². The van der Waals surface area contributed by atoms with Crippen LogP contribution in [0.1, 0.15) is 30.8 Å². The second kappa shape index (κ2) is 5.35. The second-order valence-electron chi connectivity index (χ2n) is 5.00. The molecule has 3 nitrogen and oxygen atoms in total. The standard InChI is InChI=1S/C15H19ClN2O/c1-4-12-14(16)13(18(3)17-12)10-15(2,19)11-8-6-5-7-9-11/h5-9,19H,4,10H2,1-3H3. The fourth-order valence-electron chi connectivity index (χ4n) is 2.24. The molecule has 2 rings (SSSR count). The number of benzene rings is 1. The Morgan fingerprint density at radius 2 is 1.95 bits per heavy atom. The number of hydrogen-bond donors (Lipinski definition) is 1. The third-order valence-electron chi connectivity index (χ3n) is 3.41. The van der Waals surface area contributed by atoms with Crippen molar-refractivity contribution in [3.05, 3.63) is 52.3 Å². The van der Waals surface area contributed by atoms with Crippen LogP contribution in [-0.2, 0) is 25.5 Å². The summed E-state index contributed by atoms with van der Waals surface area (Å²) in [6, 6.07) is 9.63. The number of nitrogens with zero attached hydrogens (tertiary/aromatic N) is 2. The van der Waals surface area contributed by atoms with Crippen LogP contribution in [-0.4, -0.2) is 14.9 Å². The van der Waals surface area contributed by atoms with Crippen LogP contribution in [0.25, 0.3) is 0 Å². The van der Waals surface area contributed by atoms with Gasteiger partial charge in [-0.05, 0) is 18.9 Å². The highest BCUT2D eigenvalue weighted by Gasteiger charge is 2.27. The minimum Gasteiger partial charge on any atom is -0.385 e. The lowest BCUT2D eigenvalue weighted by Gasteiger charge is -2.24. The van der Waals surface area contributed by atoms with E-state index >= 15 is 0 Å². The van der Waals surface area contributed by atoms with Crippen molar-refractivity contribution < 1.29 is 5.11 Å². The van der Waals surface area contributed by atoms with E-state index in [9.17, 15) is 5.11 Å². The van der Waals surface area contributed by atoms with E-state index < -0.39 is 5.60 Å². The molecule has 0 saturated carbocycles. The molecule has 0 aliphatic rings. The Morgan fingerprint density at radius 1 is 1.32 bits per heavy atom. The van der Waals surface area contributed by atoms with Gasteiger partial charge in [-0.25, -0.2) is 0 Å². The third-order valence-corrected chi connectivity index (χ3v) is 3.85. The van der Waals surface area contributed by atoms with E-state index in [-0.39, 0.29) is 0 Å². The lowest BCUT2D eigenvalue weighted by molar-refractivity contribution is 0.0556. The molecule has 0 saturated heterocycles. The van der Waals surface area contributed by atoms with E-state index in [1.165, 1.54) is 0 Å². The molecule has 1 N–H and O–H groups in total. The van der Waals surface area contributed by atoms with Gasteiger partial charge in [0.05, 0.1) is 22.0 Å². The minimum absolute atomic E-state index is 0.444. The van der Waals surface area contributed by atoms with Gasteiger partial charge in [-0.15, -0.1) is 0 Å². The third kappa shape index (κ3) is 2.82. The maximum atomic E-state index is 10.7. The maximum absolute atomic E-state index is 10.7. The molecule has 0 aliphatic heterocycles. The molecule has 0 aliphatic carbocycles. The number of halogens is 1. The monoisotopic (exact) mass is 278 g/mol. The minimum atomic E-state index is -0.955. The summed E-state index contributed by atoms with van der Waals surface area (Å²) in [5, 5.41) is 15.7. The Hall–Kier alpha value is -1.32. The summed E-state index contributed by atoms with van der Waals surface area (Å²) in [7, 11) is 1.86. The smallest absolute Gasteiger partial charge is 0.0924 e. The van der Waals surface area contributed by atoms with Crippen molar-refractivity contribution in [3.63, 3.8) is 0 Å². The molecule has 0 bridgehead atoms. The lowest BCUT2D eigenvalue weighted by Crippen LogP contribution is -2.25. The first kappa shape index (κ1) is 14.1. The first-order valence-electron chi connectivity index (χ1n) is 6.44. The first-order valence-corrected chi connectivity index (χ1v) is 6.81. The number of rotatable bonds is 4. The molecular formula is C15H19ClN2O. The van der Waals surface area contributed by atoms with Crippen LogP contribution in [0.5, 0.6) is 0 Å². The van der Waals surface area contributed by atoms with Crippen LogP contribution in [0, 0.1) is 0 Å². The predicted octanol–water partition coefficient (Wildman–Crippen LogP) is 3.09. The second-order valence-corrected chi connectivity index (χ2v) is 5.38. The van der Waals surface area contributed by atoms with Crippen molar-refractivity contribution >= 4 is 11.6 Å². The normalized spacial score (nSPS) is 14.4. The Labute approximate surface area is 118 Å². The van der Waals surface area contributed by atoms with Gasteiger partial charge in [-0.1, -0.05) is 48.9 Å². The van der Waals surface area contributed by atoms with Crippen molar-refractivity contribution in [2.75, 3.05) is 0 Å². The Morgan fingerprint density at radius 3 is 2.47 bits per heavy atom. The van der Waals surface area contributed by atoms with Crippen LogP contribution in [0.3, 0.4) is 0 Å².